The van der Waals surface area contributed by atoms with Gasteiger partial charge in [0.15, 0.2) is 6.04 Å². The predicted octanol–water partition coefficient (Wildman–Crippen LogP) is 2.96. The summed E-state index contributed by atoms with van der Waals surface area (Å²) in [5, 5.41) is 5.24. The second kappa shape index (κ2) is 6.97. The van der Waals surface area contributed by atoms with Gasteiger partial charge in [0.25, 0.3) is 5.91 Å². The summed E-state index contributed by atoms with van der Waals surface area (Å²) >= 11 is 0. The molecule has 3 heteroatoms. The fourth-order valence-electron chi connectivity index (χ4n) is 3.41. The molecular formula is C20H25N2O+. The summed E-state index contributed by atoms with van der Waals surface area (Å²) in [4.78, 5) is 12.5. The SMILES string of the molecule is Cc1cccc(NC(=O)[C@H](C)[NH2+][C@@H]2CCCc3ccccc32)c1. The maximum absolute atomic E-state index is 12.5. The number of carbonyl (C=O) groups is 1. The van der Waals surface area contributed by atoms with Crippen molar-refractivity contribution in [3.8, 4) is 0 Å². The summed E-state index contributed by atoms with van der Waals surface area (Å²) in [7, 11) is 0. The number of hydrogen-bond acceptors (Lipinski definition) is 1. The van der Waals surface area contributed by atoms with Crippen LogP contribution in [0.15, 0.2) is 48.5 Å². The molecule has 0 fully saturated rings. The van der Waals surface area contributed by atoms with E-state index in [-0.39, 0.29) is 11.9 Å². The number of nitrogens with two attached hydrogens (primary N) is 1. The van der Waals surface area contributed by atoms with Gasteiger partial charge >= 0.3 is 0 Å². The zero-order valence-corrected chi connectivity index (χ0v) is 13.9. The Morgan fingerprint density at radius 2 is 2.04 bits per heavy atom. The van der Waals surface area contributed by atoms with Gasteiger partial charge in [-0.2, -0.15) is 0 Å². The van der Waals surface area contributed by atoms with Gasteiger partial charge < -0.3 is 10.6 Å². The number of rotatable bonds is 4. The van der Waals surface area contributed by atoms with Crippen LogP contribution in [-0.2, 0) is 11.2 Å². The molecule has 1 amide bonds. The topological polar surface area (TPSA) is 45.7 Å². The average molecular weight is 309 g/mol. The monoisotopic (exact) mass is 309 g/mol. The number of aryl methyl sites for hydroxylation is 2. The maximum atomic E-state index is 12.5. The van der Waals surface area contributed by atoms with E-state index in [2.05, 4.69) is 34.9 Å². The first-order valence-corrected chi connectivity index (χ1v) is 8.44. The van der Waals surface area contributed by atoms with Crippen molar-refractivity contribution in [1.82, 2.24) is 0 Å². The number of nitrogens with one attached hydrogen (secondary N) is 1. The van der Waals surface area contributed by atoms with Crippen molar-refractivity contribution in [3.05, 3.63) is 65.2 Å². The molecule has 0 unspecified atom stereocenters. The van der Waals surface area contributed by atoms with Gasteiger partial charge in [0, 0.05) is 17.7 Å². The van der Waals surface area contributed by atoms with Gasteiger partial charge in [-0.05, 0) is 49.9 Å². The van der Waals surface area contributed by atoms with Gasteiger partial charge in [0.05, 0.1) is 0 Å². The molecule has 2 aromatic carbocycles. The predicted molar refractivity (Wildman–Crippen MR) is 93.3 cm³/mol. The quantitative estimate of drug-likeness (QED) is 0.896. The largest absolute Gasteiger partial charge is 0.330 e. The van der Waals surface area contributed by atoms with E-state index in [1.54, 1.807) is 0 Å². The third-order valence-electron chi connectivity index (χ3n) is 4.64. The van der Waals surface area contributed by atoms with E-state index < -0.39 is 0 Å². The zero-order valence-electron chi connectivity index (χ0n) is 13.9. The molecule has 0 aliphatic heterocycles. The fourth-order valence-corrected chi connectivity index (χ4v) is 3.41. The fraction of sp³-hybridized carbons (Fsp3) is 0.350. The average Bonchev–Trinajstić information content (AvgIpc) is 2.55. The van der Waals surface area contributed by atoms with E-state index >= 15 is 0 Å². The Morgan fingerprint density at radius 3 is 2.87 bits per heavy atom. The molecule has 0 saturated heterocycles. The Balaban J connectivity index is 1.65. The Labute approximate surface area is 138 Å². The Bertz CT molecular complexity index is 696. The molecule has 2 atom stereocenters. The number of hydrogen-bond donors (Lipinski definition) is 2. The first kappa shape index (κ1) is 15.8. The highest BCUT2D eigenvalue weighted by molar-refractivity contribution is 5.93. The molecule has 1 aliphatic rings. The lowest BCUT2D eigenvalue weighted by Crippen LogP contribution is -2.92. The molecular weight excluding hydrogens is 284 g/mol. The lowest BCUT2D eigenvalue weighted by molar-refractivity contribution is -0.714. The van der Waals surface area contributed by atoms with Crippen LogP contribution >= 0.6 is 0 Å². The molecule has 3 nitrogen and oxygen atoms in total. The smallest absolute Gasteiger partial charge is 0.282 e. The maximum Gasteiger partial charge on any atom is 0.282 e. The Hall–Kier alpha value is -2.13. The lowest BCUT2D eigenvalue weighted by Gasteiger charge is -2.26. The van der Waals surface area contributed by atoms with Crippen LogP contribution < -0.4 is 10.6 Å². The van der Waals surface area contributed by atoms with E-state index in [4.69, 9.17) is 0 Å². The van der Waals surface area contributed by atoms with Crippen LogP contribution in [0.1, 0.15) is 42.5 Å². The molecule has 3 N–H and O–H groups in total. The first-order chi connectivity index (χ1) is 11.1. The second-order valence-corrected chi connectivity index (χ2v) is 6.54. The summed E-state index contributed by atoms with van der Waals surface area (Å²) in [5.74, 6) is 0.0682. The molecule has 2 aromatic rings. The minimum atomic E-state index is -0.105. The highest BCUT2D eigenvalue weighted by Crippen LogP contribution is 2.26. The van der Waals surface area contributed by atoms with Crippen molar-refractivity contribution in [2.75, 3.05) is 5.32 Å². The highest BCUT2D eigenvalue weighted by atomic mass is 16.2. The lowest BCUT2D eigenvalue weighted by atomic mass is 9.87. The van der Waals surface area contributed by atoms with E-state index in [0.717, 1.165) is 24.1 Å². The van der Waals surface area contributed by atoms with Gasteiger partial charge in [-0.1, -0.05) is 36.4 Å². The van der Waals surface area contributed by atoms with E-state index in [1.807, 2.05) is 38.1 Å². The number of carbonyl (C=O) groups excluding carboxylic acids is 1. The first-order valence-electron chi connectivity index (χ1n) is 8.44. The third kappa shape index (κ3) is 3.80. The van der Waals surface area contributed by atoms with E-state index in [1.165, 1.54) is 17.5 Å². The molecule has 120 valence electrons. The molecule has 23 heavy (non-hydrogen) atoms. The number of benzene rings is 2. The van der Waals surface area contributed by atoms with Gasteiger partial charge in [-0.25, -0.2) is 0 Å². The molecule has 1 aliphatic carbocycles. The van der Waals surface area contributed by atoms with E-state index in [0.29, 0.717) is 6.04 Å². The minimum Gasteiger partial charge on any atom is -0.330 e. The van der Waals surface area contributed by atoms with Crippen molar-refractivity contribution in [1.29, 1.82) is 0 Å². The highest BCUT2D eigenvalue weighted by Gasteiger charge is 2.27. The van der Waals surface area contributed by atoms with E-state index in [9.17, 15) is 4.79 Å². The molecule has 0 aromatic heterocycles. The third-order valence-corrected chi connectivity index (χ3v) is 4.64. The van der Waals surface area contributed by atoms with Crippen molar-refractivity contribution in [3.63, 3.8) is 0 Å². The van der Waals surface area contributed by atoms with Crippen LogP contribution in [0.4, 0.5) is 5.69 Å². The molecule has 0 spiro atoms. The van der Waals surface area contributed by atoms with Gasteiger partial charge in [0.1, 0.15) is 6.04 Å². The summed E-state index contributed by atoms with van der Waals surface area (Å²) in [5.41, 5.74) is 4.86. The number of fused-ring (bicyclic) bond motifs is 1. The second-order valence-electron chi connectivity index (χ2n) is 6.54. The molecule has 3 rings (SSSR count). The zero-order chi connectivity index (χ0) is 16.2. The number of quaternary nitrogens is 1. The summed E-state index contributed by atoms with van der Waals surface area (Å²) in [6.45, 7) is 4.02. The number of amides is 1. The van der Waals surface area contributed by atoms with Crippen LogP contribution in [-0.4, -0.2) is 11.9 Å². The van der Waals surface area contributed by atoms with Crippen molar-refractivity contribution >= 4 is 11.6 Å². The standard InChI is InChI=1S/C20H24N2O/c1-14-7-5-10-17(13-14)22-20(23)15(2)21-19-12-6-9-16-8-3-4-11-18(16)19/h3-5,7-8,10-11,13,15,19,21H,6,9,12H2,1-2H3,(H,22,23)/p+1/t15-,19+/m0/s1. The van der Waals surface area contributed by atoms with Gasteiger partial charge in [-0.3, -0.25) is 4.79 Å². The summed E-state index contributed by atoms with van der Waals surface area (Å²) < 4.78 is 0. The van der Waals surface area contributed by atoms with Gasteiger partial charge in [-0.15, -0.1) is 0 Å². The van der Waals surface area contributed by atoms with Crippen LogP contribution in [0.3, 0.4) is 0 Å². The summed E-state index contributed by atoms with van der Waals surface area (Å²) in [6, 6.07) is 16.9. The van der Waals surface area contributed by atoms with Crippen LogP contribution in [0.5, 0.6) is 0 Å². The Kier molecular flexibility index (Phi) is 4.77. The van der Waals surface area contributed by atoms with Crippen molar-refractivity contribution in [2.24, 2.45) is 0 Å². The summed E-state index contributed by atoms with van der Waals surface area (Å²) in [6.07, 6.45) is 3.49. The van der Waals surface area contributed by atoms with Crippen molar-refractivity contribution in [2.45, 2.75) is 45.2 Å². The molecule has 0 bridgehead atoms. The Morgan fingerprint density at radius 1 is 1.22 bits per heavy atom. The molecule has 0 heterocycles. The van der Waals surface area contributed by atoms with Crippen LogP contribution in [0.25, 0.3) is 0 Å². The number of anilines is 1. The minimum absolute atomic E-state index is 0.0682. The molecule has 0 radical (unpaired) electrons. The van der Waals surface area contributed by atoms with Crippen LogP contribution in [0.2, 0.25) is 0 Å². The molecule has 0 saturated carbocycles. The normalized spacial score (nSPS) is 18.1. The van der Waals surface area contributed by atoms with Crippen LogP contribution in [0, 0.1) is 6.92 Å². The van der Waals surface area contributed by atoms with Gasteiger partial charge in [0.2, 0.25) is 0 Å². The van der Waals surface area contributed by atoms with Crippen molar-refractivity contribution < 1.29 is 10.1 Å².